The molecule has 2 aromatic rings. The van der Waals surface area contributed by atoms with Gasteiger partial charge in [0.15, 0.2) is 6.61 Å². The molecule has 0 aromatic heterocycles. The number of hydrogen-bond donors (Lipinski definition) is 1. The maximum absolute atomic E-state index is 12.2. The number of carbonyl (C=O) groups excluding carboxylic acids is 3. The number of nitrogens with zero attached hydrogens (tertiary/aromatic N) is 1. The summed E-state index contributed by atoms with van der Waals surface area (Å²) in [6.07, 6.45) is 0.0208. The van der Waals surface area contributed by atoms with Gasteiger partial charge in [-0.3, -0.25) is 14.4 Å². The number of amides is 2. The monoisotopic (exact) mass is 440 g/mol. The standard InChI is InChI=1S/C19H15Cl3N2O4/c20-12-1-3-16(4-2-12)24-9-11(5-18(24)26)19(27)28-10-17(25)23-15-7-13(21)6-14(22)8-15/h1-4,6-8,11H,5,9-10H2,(H,23,25)/t11-/m1/s1. The lowest BCUT2D eigenvalue weighted by Gasteiger charge is -2.16. The minimum Gasteiger partial charge on any atom is -0.455 e. The van der Waals surface area contributed by atoms with E-state index in [1.54, 1.807) is 24.3 Å². The Morgan fingerprint density at radius 2 is 1.68 bits per heavy atom. The van der Waals surface area contributed by atoms with Gasteiger partial charge in [0, 0.05) is 39.4 Å². The van der Waals surface area contributed by atoms with Gasteiger partial charge in [-0.25, -0.2) is 0 Å². The van der Waals surface area contributed by atoms with Crippen LogP contribution in [0.15, 0.2) is 42.5 Å². The van der Waals surface area contributed by atoms with Crippen LogP contribution in [0.25, 0.3) is 0 Å². The van der Waals surface area contributed by atoms with Crippen LogP contribution < -0.4 is 10.2 Å². The molecule has 6 nitrogen and oxygen atoms in total. The van der Waals surface area contributed by atoms with E-state index in [0.29, 0.717) is 26.4 Å². The molecule has 0 spiro atoms. The van der Waals surface area contributed by atoms with Crippen LogP contribution in [0.1, 0.15) is 6.42 Å². The molecule has 1 fully saturated rings. The number of anilines is 2. The Kier molecular flexibility index (Phi) is 6.44. The molecular formula is C19H15Cl3N2O4. The molecule has 1 aliphatic rings. The van der Waals surface area contributed by atoms with E-state index in [0.717, 1.165) is 0 Å². The molecule has 2 amide bonds. The second-order valence-electron chi connectivity index (χ2n) is 6.20. The van der Waals surface area contributed by atoms with Crippen LogP contribution in [0, 0.1) is 5.92 Å². The molecule has 0 aliphatic carbocycles. The van der Waals surface area contributed by atoms with Crippen molar-refractivity contribution in [1.29, 1.82) is 0 Å². The lowest BCUT2D eigenvalue weighted by Crippen LogP contribution is -2.28. The van der Waals surface area contributed by atoms with Crippen LogP contribution in [-0.2, 0) is 19.1 Å². The van der Waals surface area contributed by atoms with Gasteiger partial charge in [-0.1, -0.05) is 34.8 Å². The molecule has 1 atom stereocenters. The average Bonchev–Trinajstić information content (AvgIpc) is 3.01. The molecule has 0 unspecified atom stereocenters. The number of hydrogen-bond acceptors (Lipinski definition) is 4. The highest BCUT2D eigenvalue weighted by molar-refractivity contribution is 6.35. The Morgan fingerprint density at radius 1 is 1.04 bits per heavy atom. The van der Waals surface area contributed by atoms with Gasteiger partial charge in [-0.2, -0.15) is 0 Å². The van der Waals surface area contributed by atoms with E-state index in [2.05, 4.69) is 5.32 Å². The predicted octanol–water partition coefficient (Wildman–Crippen LogP) is 4.18. The van der Waals surface area contributed by atoms with Crippen molar-refractivity contribution in [3.05, 3.63) is 57.5 Å². The molecule has 3 rings (SSSR count). The lowest BCUT2D eigenvalue weighted by atomic mass is 10.1. The zero-order chi connectivity index (χ0) is 20.3. The van der Waals surface area contributed by atoms with Gasteiger partial charge >= 0.3 is 5.97 Å². The molecule has 0 saturated carbocycles. The number of ether oxygens (including phenoxy) is 1. The van der Waals surface area contributed by atoms with Crippen LogP contribution in [0.3, 0.4) is 0 Å². The Labute approximate surface area is 176 Å². The van der Waals surface area contributed by atoms with Crippen molar-refractivity contribution in [1.82, 2.24) is 0 Å². The summed E-state index contributed by atoms with van der Waals surface area (Å²) in [6, 6.07) is 11.3. The highest BCUT2D eigenvalue weighted by Crippen LogP contribution is 2.27. The summed E-state index contributed by atoms with van der Waals surface area (Å²) in [4.78, 5) is 37.9. The number of esters is 1. The van der Waals surface area contributed by atoms with Crippen LogP contribution in [0.4, 0.5) is 11.4 Å². The maximum atomic E-state index is 12.2. The third-order valence-corrected chi connectivity index (χ3v) is 4.78. The fourth-order valence-electron chi connectivity index (χ4n) is 2.81. The zero-order valence-electron chi connectivity index (χ0n) is 14.5. The molecular weight excluding hydrogens is 427 g/mol. The lowest BCUT2D eigenvalue weighted by molar-refractivity contribution is -0.151. The van der Waals surface area contributed by atoms with Crippen molar-refractivity contribution in [2.45, 2.75) is 6.42 Å². The number of halogens is 3. The maximum Gasteiger partial charge on any atom is 0.311 e. The Bertz CT molecular complexity index is 898. The van der Waals surface area contributed by atoms with Crippen LogP contribution in [0.5, 0.6) is 0 Å². The Morgan fingerprint density at radius 3 is 2.32 bits per heavy atom. The van der Waals surface area contributed by atoms with Crippen molar-refractivity contribution in [3.8, 4) is 0 Å². The summed E-state index contributed by atoms with van der Waals surface area (Å²) in [6.45, 7) is -0.292. The Balaban J connectivity index is 1.53. The van der Waals surface area contributed by atoms with Crippen molar-refractivity contribution >= 4 is 64.0 Å². The second-order valence-corrected chi connectivity index (χ2v) is 7.51. The smallest absolute Gasteiger partial charge is 0.311 e. The molecule has 1 aliphatic heterocycles. The van der Waals surface area contributed by atoms with Crippen LogP contribution in [0.2, 0.25) is 15.1 Å². The van der Waals surface area contributed by atoms with E-state index in [1.807, 2.05) is 0 Å². The quantitative estimate of drug-likeness (QED) is 0.706. The van der Waals surface area contributed by atoms with E-state index in [1.165, 1.54) is 23.1 Å². The SMILES string of the molecule is O=C(COC(=O)[C@@H]1CC(=O)N(c2ccc(Cl)cc2)C1)Nc1cc(Cl)cc(Cl)c1. The summed E-state index contributed by atoms with van der Waals surface area (Å²) in [5.74, 6) is -1.98. The molecule has 0 radical (unpaired) electrons. The normalized spacial score (nSPS) is 16.2. The molecule has 2 aromatic carbocycles. The van der Waals surface area contributed by atoms with E-state index in [9.17, 15) is 14.4 Å². The zero-order valence-corrected chi connectivity index (χ0v) is 16.7. The fourth-order valence-corrected chi connectivity index (χ4v) is 3.47. The first-order valence-corrected chi connectivity index (χ1v) is 9.44. The highest BCUT2D eigenvalue weighted by Gasteiger charge is 2.36. The van der Waals surface area contributed by atoms with E-state index < -0.39 is 24.4 Å². The first kappa shape index (κ1) is 20.5. The van der Waals surface area contributed by atoms with Gasteiger partial charge in [0.25, 0.3) is 5.91 Å². The van der Waals surface area contributed by atoms with Crippen molar-refractivity contribution in [2.24, 2.45) is 5.92 Å². The van der Waals surface area contributed by atoms with E-state index >= 15 is 0 Å². The summed E-state index contributed by atoms with van der Waals surface area (Å²) >= 11 is 17.6. The summed E-state index contributed by atoms with van der Waals surface area (Å²) in [5.41, 5.74) is 1.05. The predicted molar refractivity (Wildman–Crippen MR) is 108 cm³/mol. The Hall–Kier alpha value is -2.28. The van der Waals surface area contributed by atoms with Gasteiger partial charge in [-0.15, -0.1) is 0 Å². The third kappa shape index (κ3) is 5.16. The average molecular weight is 442 g/mol. The molecule has 1 N–H and O–H groups in total. The second kappa shape index (κ2) is 8.82. The summed E-state index contributed by atoms with van der Waals surface area (Å²) in [5, 5.41) is 3.83. The summed E-state index contributed by atoms with van der Waals surface area (Å²) < 4.78 is 5.06. The topological polar surface area (TPSA) is 75.7 Å². The first-order chi connectivity index (χ1) is 13.3. The molecule has 0 bridgehead atoms. The third-order valence-electron chi connectivity index (χ3n) is 4.09. The van der Waals surface area contributed by atoms with Gasteiger partial charge in [-0.05, 0) is 42.5 Å². The van der Waals surface area contributed by atoms with Gasteiger partial charge < -0.3 is 15.0 Å². The molecule has 1 saturated heterocycles. The minimum atomic E-state index is -0.642. The van der Waals surface area contributed by atoms with Crippen molar-refractivity contribution in [2.75, 3.05) is 23.4 Å². The number of benzene rings is 2. The molecule has 1 heterocycles. The number of carbonyl (C=O) groups is 3. The van der Waals surface area contributed by atoms with E-state index in [4.69, 9.17) is 39.5 Å². The molecule has 28 heavy (non-hydrogen) atoms. The van der Waals surface area contributed by atoms with Crippen molar-refractivity contribution in [3.63, 3.8) is 0 Å². The number of rotatable bonds is 5. The van der Waals surface area contributed by atoms with Crippen molar-refractivity contribution < 1.29 is 19.1 Å². The highest BCUT2D eigenvalue weighted by atomic mass is 35.5. The summed E-state index contributed by atoms with van der Waals surface area (Å²) in [7, 11) is 0. The van der Waals surface area contributed by atoms with Gasteiger partial charge in [0.2, 0.25) is 5.91 Å². The molecule has 146 valence electrons. The van der Waals surface area contributed by atoms with E-state index in [-0.39, 0.29) is 18.9 Å². The molecule has 9 heteroatoms. The fraction of sp³-hybridized carbons (Fsp3) is 0.211. The van der Waals surface area contributed by atoms with Gasteiger partial charge in [0.1, 0.15) is 0 Å². The largest absolute Gasteiger partial charge is 0.455 e. The van der Waals surface area contributed by atoms with Gasteiger partial charge in [0.05, 0.1) is 5.92 Å². The van der Waals surface area contributed by atoms with Crippen LogP contribution >= 0.6 is 34.8 Å². The van der Waals surface area contributed by atoms with Crippen LogP contribution in [-0.4, -0.2) is 30.9 Å². The minimum absolute atomic E-state index is 0.0208. The number of nitrogens with one attached hydrogen (secondary N) is 1. The first-order valence-electron chi connectivity index (χ1n) is 8.30.